The van der Waals surface area contributed by atoms with Crippen LogP contribution in [0.15, 0.2) is 48.5 Å². The van der Waals surface area contributed by atoms with Crippen LogP contribution < -0.4 is 15.5 Å². The van der Waals surface area contributed by atoms with Crippen LogP contribution >= 0.6 is 11.6 Å². The summed E-state index contributed by atoms with van der Waals surface area (Å²) >= 11 is 5.83. The molecule has 1 aromatic heterocycles. The van der Waals surface area contributed by atoms with Gasteiger partial charge in [0.25, 0.3) is 11.6 Å². The van der Waals surface area contributed by atoms with Crippen LogP contribution in [-0.2, 0) is 0 Å². The molecule has 1 aliphatic carbocycles. The third-order valence-corrected chi connectivity index (χ3v) is 6.65. The van der Waals surface area contributed by atoms with E-state index in [0.29, 0.717) is 18.5 Å². The normalized spacial score (nSPS) is 17.9. The molecule has 0 saturated heterocycles. The first-order valence-corrected chi connectivity index (χ1v) is 11.8. The zero-order valence-corrected chi connectivity index (χ0v) is 20.0. The van der Waals surface area contributed by atoms with E-state index in [4.69, 9.17) is 16.6 Å². The van der Waals surface area contributed by atoms with E-state index in [2.05, 4.69) is 27.7 Å². The molecule has 0 atom stereocenters. The largest absolute Gasteiger partial charge is 0.377 e. The van der Waals surface area contributed by atoms with Crippen LogP contribution in [0.2, 0.25) is 5.02 Å². The molecule has 1 aliphatic rings. The lowest BCUT2D eigenvalue weighted by molar-refractivity contribution is -0.384. The number of hydrogen-bond acceptors (Lipinski definition) is 6. The van der Waals surface area contributed by atoms with Crippen molar-refractivity contribution in [1.29, 1.82) is 0 Å². The highest BCUT2D eigenvalue weighted by molar-refractivity contribution is 6.32. The van der Waals surface area contributed by atoms with E-state index in [-0.39, 0.29) is 22.2 Å². The molecule has 9 heteroatoms. The molecular weight excluding hydrogens is 454 g/mol. The summed E-state index contributed by atoms with van der Waals surface area (Å²) in [7, 11) is 4.07. The Kier molecular flexibility index (Phi) is 7.17. The average molecular weight is 482 g/mol. The van der Waals surface area contributed by atoms with Crippen LogP contribution in [0.4, 0.5) is 17.2 Å². The third kappa shape index (κ3) is 5.39. The number of nitro groups is 1. The Morgan fingerprint density at radius 1 is 1.15 bits per heavy atom. The van der Waals surface area contributed by atoms with Crippen LogP contribution in [0, 0.1) is 16.0 Å². The summed E-state index contributed by atoms with van der Waals surface area (Å²) < 4.78 is 0. The zero-order chi connectivity index (χ0) is 24.2. The quantitative estimate of drug-likeness (QED) is 0.352. The number of carbonyl (C=O) groups is 1. The number of nitrogens with zero attached hydrogens (tertiary/aromatic N) is 3. The van der Waals surface area contributed by atoms with Gasteiger partial charge in [0.15, 0.2) is 0 Å². The third-order valence-electron chi connectivity index (χ3n) is 6.33. The summed E-state index contributed by atoms with van der Waals surface area (Å²) in [4.78, 5) is 29.8. The molecule has 1 saturated carbocycles. The summed E-state index contributed by atoms with van der Waals surface area (Å²) in [6.45, 7) is 0.543. The van der Waals surface area contributed by atoms with Crippen molar-refractivity contribution in [3.8, 4) is 0 Å². The molecule has 1 heterocycles. The lowest BCUT2D eigenvalue weighted by Gasteiger charge is -2.30. The molecule has 2 aromatic carbocycles. The number of amides is 1. The summed E-state index contributed by atoms with van der Waals surface area (Å²) in [5, 5.41) is 18.7. The van der Waals surface area contributed by atoms with Gasteiger partial charge in [-0.2, -0.15) is 0 Å². The van der Waals surface area contributed by atoms with Crippen molar-refractivity contribution in [2.45, 2.75) is 31.7 Å². The number of benzene rings is 2. The van der Waals surface area contributed by atoms with Gasteiger partial charge < -0.3 is 15.5 Å². The number of anilines is 2. The van der Waals surface area contributed by atoms with Gasteiger partial charge in [-0.3, -0.25) is 14.9 Å². The Labute approximate surface area is 203 Å². The van der Waals surface area contributed by atoms with Crippen LogP contribution in [0.1, 0.15) is 36.0 Å². The number of pyridine rings is 1. The minimum absolute atomic E-state index is 0.0194. The zero-order valence-electron chi connectivity index (χ0n) is 19.3. The van der Waals surface area contributed by atoms with Crippen LogP contribution in [0.5, 0.6) is 0 Å². The number of halogens is 1. The average Bonchev–Trinajstić information content (AvgIpc) is 2.83. The molecule has 1 fully saturated rings. The number of fused-ring (bicyclic) bond motifs is 1. The Bertz CT molecular complexity index is 1210. The van der Waals surface area contributed by atoms with Crippen molar-refractivity contribution < 1.29 is 9.72 Å². The maximum absolute atomic E-state index is 12.5. The predicted octanol–water partition coefficient (Wildman–Crippen LogP) is 5.26. The SMILES string of the molecule is CN(C)c1cc(NC2CCC(CNC(=O)c3ccc(Cl)c([N+](=O)[O-])c3)CC2)nc2ccccc12. The summed E-state index contributed by atoms with van der Waals surface area (Å²) in [6, 6.07) is 14.7. The van der Waals surface area contributed by atoms with Gasteiger partial charge in [0.1, 0.15) is 10.8 Å². The molecule has 0 aliphatic heterocycles. The number of rotatable bonds is 7. The van der Waals surface area contributed by atoms with E-state index in [1.54, 1.807) is 0 Å². The van der Waals surface area contributed by atoms with Crippen molar-refractivity contribution >= 4 is 45.6 Å². The monoisotopic (exact) mass is 481 g/mol. The maximum atomic E-state index is 12.5. The molecule has 3 aromatic rings. The van der Waals surface area contributed by atoms with Crippen molar-refractivity contribution in [2.24, 2.45) is 5.92 Å². The first-order valence-electron chi connectivity index (χ1n) is 11.4. The smallest absolute Gasteiger partial charge is 0.288 e. The Morgan fingerprint density at radius 3 is 2.59 bits per heavy atom. The fourth-order valence-corrected chi connectivity index (χ4v) is 4.64. The van der Waals surface area contributed by atoms with E-state index in [1.807, 2.05) is 32.3 Å². The van der Waals surface area contributed by atoms with Crippen LogP contribution in [0.25, 0.3) is 10.9 Å². The number of nitrogens with one attached hydrogen (secondary N) is 2. The molecule has 1 amide bonds. The van der Waals surface area contributed by atoms with Crippen molar-refractivity contribution in [3.05, 3.63) is 69.2 Å². The Morgan fingerprint density at radius 2 is 1.88 bits per heavy atom. The number of hydrogen-bond donors (Lipinski definition) is 2. The predicted molar refractivity (Wildman–Crippen MR) is 136 cm³/mol. The lowest BCUT2D eigenvalue weighted by atomic mass is 9.86. The molecule has 0 unspecified atom stereocenters. The van der Waals surface area contributed by atoms with Crippen molar-refractivity contribution in [3.63, 3.8) is 0 Å². The summed E-state index contributed by atoms with van der Waals surface area (Å²) in [5.74, 6) is 0.922. The van der Waals surface area contributed by atoms with Gasteiger partial charge in [-0.15, -0.1) is 0 Å². The maximum Gasteiger partial charge on any atom is 0.288 e. The van der Waals surface area contributed by atoms with E-state index >= 15 is 0 Å². The molecule has 34 heavy (non-hydrogen) atoms. The second-order valence-electron chi connectivity index (χ2n) is 8.93. The highest BCUT2D eigenvalue weighted by Gasteiger charge is 2.23. The van der Waals surface area contributed by atoms with Gasteiger partial charge in [-0.1, -0.05) is 29.8 Å². The highest BCUT2D eigenvalue weighted by Crippen LogP contribution is 2.30. The van der Waals surface area contributed by atoms with Gasteiger partial charge in [-0.25, -0.2) is 4.98 Å². The molecule has 4 rings (SSSR count). The fraction of sp³-hybridized carbons (Fsp3) is 0.360. The van der Waals surface area contributed by atoms with Gasteiger partial charge in [0.2, 0.25) is 0 Å². The topological polar surface area (TPSA) is 100 Å². The second kappa shape index (κ2) is 10.3. The summed E-state index contributed by atoms with van der Waals surface area (Å²) in [5.41, 5.74) is 2.08. The molecule has 2 N–H and O–H groups in total. The second-order valence-corrected chi connectivity index (χ2v) is 9.34. The number of para-hydroxylation sites is 1. The Balaban J connectivity index is 1.31. The van der Waals surface area contributed by atoms with Crippen molar-refractivity contribution in [1.82, 2.24) is 10.3 Å². The van der Waals surface area contributed by atoms with Crippen LogP contribution in [0.3, 0.4) is 0 Å². The fourth-order valence-electron chi connectivity index (χ4n) is 4.45. The van der Waals surface area contributed by atoms with Crippen LogP contribution in [-0.4, -0.2) is 42.5 Å². The highest BCUT2D eigenvalue weighted by atomic mass is 35.5. The lowest BCUT2D eigenvalue weighted by Crippen LogP contribution is -2.34. The van der Waals surface area contributed by atoms with Gasteiger partial charge in [0, 0.05) is 55.5 Å². The van der Waals surface area contributed by atoms with Gasteiger partial charge in [0.05, 0.1) is 10.4 Å². The van der Waals surface area contributed by atoms with Crippen molar-refractivity contribution in [2.75, 3.05) is 30.9 Å². The number of nitro benzene ring substituents is 1. The first kappa shape index (κ1) is 23.8. The first-order chi connectivity index (χ1) is 16.3. The molecule has 178 valence electrons. The molecular formula is C25H28ClN5O3. The van der Waals surface area contributed by atoms with E-state index in [0.717, 1.165) is 48.1 Å². The standard InChI is InChI=1S/C25H28ClN5O3/c1-30(2)22-14-24(29-21-6-4-3-5-19(21)22)28-18-10-7-16(8-11-18)15-27-25(32)17-9-12-20(26)23(13-17)31(33)34/h3-6,9,12-14,16,18H,7-8,10-11,15H2,1-2H3,(H,27,32)(H,28,29). The van der Waals surface area contributed by atoms with E-state index < -0.39 is 4.92 Å². The number of carbonyl (C=O) groups excluding carboxylic acids is 1. The molecule has 0 spiro atoms. The van der Waals surface area contributed by atoms with Gasteiger partial charge >= 0.3 is 0 Å². The number of aromatic nitrogens is 1. The minimum atomic E-state index is -0.584. The Hall–Kier alpha value is -3.39. The molecule has 0 radical (unpaired) electrons. The van der Waals surface area contributed by atoms with E-state index in [9.17, 15) is 14.9 Å². The van der Waals surface area contributed by atoms with Gasteiger partial charge in [-0.05, 0) is 49.8 Å². The molecule has 0 bridgehead atoms. The minimum Gasteiger partial charge on any atom is -0.377 e. The molecule has 8 nitrogen and oxygen atoms in total. The summed E-state index contributed by atoms with van der Waals surface area (Å²) in [6.07, 6.45) is 3.93. The van der Waals surface area contributed by atoms with E-state index in [1.165, 1.54) is 18.2 Å².